The van der Waals surface area contributed by atoms with Crippen LogP contribution in [0.4, 0.5) is 23.7 Å². The highest BCUT2D eigenvalue weighted by Crippen LogP contribution is 2.38. The molecule has 1 saturated heterocycles. The fraction of sp³-hybridized carbons (Fsp3) is 0.481. The molecule has 0 bridgehead atoms. The third-order valence-electron chi connectivity index (χ3n) is 5.82. The van der Waals surface area contributed by atoms with Crippen LogP contribution in [0, 0.1) is 0 Å². The number of hydrogen-bond donors (Lipinski definition) is 1. The van der Waals surface area contributed by atoms with Crippen molar-refractivity contribution < 1.29 is 37.1 Å². The summed E-state index contributed by atoms with van der Waals surface area (Å²) in [7, 11) is 1.58. The number of halogens is 4. The molecule has 0 aliphatic carbocycles. The van der Waals surface area contributed by atoms with Gasteiger partial charge in [-0.15, -0.1) is 13.2 Å². The van der Waals surface area contributed by atoms with Crippen molar-refractivity contribution in [2.45, 2.75) is 64.6 Å². The number of nitrogens with zero attached hydrogens (tertiary/aromatic N) is 2. The molecule has 0 aromatic heterocycles. The lowest BCUT2D eigenvalue weighted by Gasteiger charge is -2.35. The lowest BCUT2D eigenvalue weighted by atomic mass is 10.0. The highest BCUT2D eigenvalue weighted by molar-refractivity contribution is 6.33. The molecule has 8 nitrogen and oxygen atoms in total. The van der Waals surface area contributed by atoms with E-state index in [2.05, 4.69) is 10.2 Å². The summed E-state index contributed by atoms with van der Waals surface area (Å²) in [5.41, 5.74) is 3.17. The van der Waals surface area contributed by atoms with Gasteiger partial charge in [0.1, 0.15) is 11.4 Å². The summed E-state index contributed by atoms with van der Waals surface area (Å²) >= 11 is 6.40. The summed E-state index contributed by atoms with van der Waals surface area (Å²) in [5.74, 6) is -0.524. The number of nitrogens with one attached hydrogen (secondary N) is 1. The number of rotatable bonds is 8. The van der Waals surface area contributed by atoms with Crippen molar-refractivity contribution in [3.63, 3.8) is 0 Å². The van der Waals surface area contributed by atoms with E-state index in [0.29, 0.717) is 24.2 Å². The number of hydrogen-bond acceptors (Lipinski definition) is 6. The Morgan fingerprint density at radius 3 is 2.49 bits per heavy atom. The van der Waals surface area contributed by atoms with E-state index in [9.17, 15) is 22.8 Å². The molecule has 1 aliphatic heterocycles. The van der Waals surface area contributed by atoms with Gasteiger partial charge < -0.3 is 19.3 Å². The zero-order valence-corrected chi connectivity index (χ0v) is 23.1. The number of carbonyl (C=O) groups is 2. The quantitative estimate of drug-likeness (QED) is 0.349. The summed E-state index contributed by atoms with van der Waals surface area (Å²) in [6, 6.07) is 10.4. The topological polar surface area (TPSA) is 80.3 Å². The molecule has 1 atom stereocenters. The minimum atomic E-state index is -4.84. The predicted octanol–water partition coefficient (Wildman–Crippen LogP) is 6.84. The number of anilines is 1. The number of benzene rings is 2. The van der Waals surface area contributed by atoms with Crippen LogP contribution in [0.2, 0.25) is 5.02 Å². The zero-order valence-electron chi connectivity index (χ0n) is 22.3. The number of ether oxygens (including phenoxy) is 2. The average Bonchev–Trinajstić information content (AvgIpc) is 2.84. The molecule has 1 aliphatic rings. The normalized spacial score (nSPS) is 16.0. The van der Waals surface area contributed by atoms with Crippen LogP contribution in [0.1, 0.15) is 46.5 Å². The van der Waals surface area contributed by atoms with Gasteiger partial charge in [-0.3, -0.25) is 15.1 Å². The van der Waals surface area contributed by atoms with E-state index in [1.807, 2.05) is 0 Å². The largest absolute Gasteiger partial charge is 0.573 e. The predicted molar refractivity (Wildman–Crippen MR) is 141 cm³/mol. The second kappa shape index (κ2) is 12.8. The highest BCUT2D eigenvalue weighted by atomic mass is 35.5. The molecule has 0 spiro atoms. The van der Waals surface area contributed by atoms with Gasteiger partial charge in [0.15, 0.2) is 6.23 Å². The molecule has 12 heteroatoms. The van der Waals surface area contributed by atoms with Crippen LogP contribution < -0.4 is 10.2 Å². The molecule has 1 N–H and O–H groups in total. The molecule has 2 amide bonds. The maximum atomic E-state index is 12.9. The van der Waals surface area contributed by atoms with Gasteiger partial charge in [0.25, 0.3) is 0 Å². The molecule has 0 saturated carbocycles. The van der Waals surface area contributed by atoms with Crippen LogP contribution in [0.25, 0.3) is 11.1 Å². The first-order valence-electron chi connectivity index (χ1n) is 12.5. The van der Waals surface area contributed by atoms with E-state index in [0.717, 1.165) is 12.8 Å². The Balaban J connectivity index is 1.62. The van der Waals surface area contributed by atoms with E-state index >= 15 is 0 Å². The molecule has 1 fully saturated rings. The van der Waals surface area contributed by atoms with E-state index < -0.39 is 24.3 Å². The van der Waals surface area contributed by atoms with E-state index in [-0.39, 0.29) is 35.2 Å². The molecule has 3 rings (SSSR count). The fourth-order valence-electron chi connectivity index (χ4n) is 3.98. The van der Waals surface area contributed by atoms with Gasteiger partial charge in [0, 0.05) is 37.7 Å². The Hall–Kier alpha value is -3.18. The minimum absolute atomic E-state index is 0.107. The third kappa shape index (κ3) is 9.21. The Labute approximate surface area is 230 Å². The first kappa shape index (κ1) is 30.4. The van der Waals surface area contributed by atoms with Gasteiger partial charge >= 0.3 is 12.5 Å². The Morgan fingerprint density at radius 1 is 1.10 bits per heavy atom. The van der Waals surface area contributed by atoms with Crippen molar-refractivity contribution in [1.29, 1.82) is 0 Å². The summed E-state index contributed by atoms with van der Waals surface area (Å²) < 4.78 is 47.9. The number of carbonyl (C=O) groups excluding carboxylic acids is 2. The van der Waals surface area contributed by atoms with Crippen molar-refractivity contribution >= 4 is 29.3 Å². The van der Waals surface area contributed by atoms with Gasteiger partial charge in [-0.2, -0.15) is 0 Å². The number of piperidine rings is 1. The summed E-state index contributed by atoms with van der Waals surface area (Å²) in [6.07, 6.45) is -3.48. The van der Waals surface area contributed by atoms with Crippen LogP contribution in [0.15, 0.2) is 42.5 Å². The number of amides is 2. The van der Waals surface area contributed by atoms with Gasteiger partial charge in [0.05, 0.1) is 10.7 Å². The maximum absolute atomic E-state index is 12.9. The third-order valence-corrected chi connectivity index (χ3v) is 6.13. The lowest BCUT2D eigenvalue weighted by Crippen LogP contribution is -2.47. The number of likely N-dealkylation sites (tertiary alicyclic amines) is 1. The van der Waals surface area contributed by atoms with Crippen LogP contribution >= 0.6 is 11.6 Å². The number of para-hydroxylation sites is 1. The molecule has 39 heavy (non-hydrogen) atoms. The second-order valence-corrected chi connectivity index (χ2v) is 10.6. The highest BCUT2D eigenvalue weighted by Gasteiger charge is 2.32. The van der Waals surface area contributed by atoms with Crippen molar-refractivity contribution in [3.05, 3.63) is 47.5 Å². The van der Waals surface area contributed by atoms with E-state index in [1.165, 1.54) is 29.2 Å². The smallest absolute Gasteiger partial charge is 0.444 e. The van der Waals surface area contributed by atoms with Crippen molar-refractivity contribution in [2.75, 3.05) is 25.6 Å². The molecule has 214 valence electrons. The molecular formula is C27H33ClF3N3O5. The summed E-state index contributed by atoms with van der Waals surface area (Å²) in [5, 5.41) is 0.184. The van der Waals surface area contributed by atoms with Crippen molar-refractivity contribution in [2.24, 2.45) is 0 Å². The van der Waals surface area contributed by atoms with Crippen LogP contribution in [-0.4, -0.2) is 60.1 Å². The maximum Gasteiger partial charge on any atom is 0.573 e. The summed E-state index contributed by atoms with van der Waals surface area (Å²) in [4.78, 5) is 33.9. The fourth-order valence-corrected chi connectivity index (χ4v) is 4.27. The SMILES string of the molecule is CN(CCC(=O)N1CCCCC1ONc1ccc(-c2ccccc2OC(F)(F)F)c(Cl)c1)C(=O)OC(C)(C)C. The van der Waals surface area contributed by atoms with Gasteiger partial charge in [-0.1, -0.05) is 35.9 Å². The van der Waals surface area contributed by atoms with Crippen LogP contribution in [-0.2, 0) is 14.4 Å². The molecule has 1 heterocycles. The van der Waals surface area contributed by atoms with Crippen LogP contribution in [0.5, 0.6) is 5.75 Å². The molecule has 2 aromatic rings. The number of alkyl halides is 3. The van der Waals surface area contributed by atoms with Crippen molar-refractivity contribution in [3.8, 4) is 16.9 Å². The van der Waals surface area contributed by atoms with E-state index in [4.69, 9.17) is 21.2 Å². The lowest BCUT2D eigenvalue weighted by molar-refractivity contribution is -0.274. The van der Waals surface area contributed by atoms with Crippen molar-refractivity contribution in [1.82, 2.24) is 9.80 Å². The Morgan fingerprint density at radius 2 is 1.82 bits per heavy atom. The Bertz CT molecular complexity index is 1160. The molecule has 1 unspecified atom stereocenters. The zero-order chi connectivity index (χ0) is 28.8. The molecule has 2 aromatic carbocycles. The summed E-state index contributed by atoms with van der Waals surface area (Å²) in [6.45, 7) is 6.02. The Kier molecular flexibility index (Phi) is 9.95. The first-order chi connectivity index (χ1) is 18.2. The van der Waals surface area contributed by atoms with E-state index in [1.54, 1.807) is 50.9 Å². The molecule has 0 radical (unpaired) electrons. The average molecular weight is 572 g/mol. The van der Waals surface area contributed by atoms with Gasteiger partial charge in [0.2, 0.25) is 5.91 Å². The second-order valence-electron chi connectivity index (χ2n) is 10.1. The van der Waals surface area contributed by atoms with Gasteiger partial charge in [-0.25, -0.2) is 4.79 Å². The van der Waals surface area contributed by atoms with Gasteiger partial charge in [-0.05, 0) is 58.2 Å². The minimum Gasteiger partial charge on any atom is -0.444 e. The monoisotopic (exact) mass is 571 g/mol. The molecular weight excluding hydrogens is 539 g/mol. The van der Waals surface area contributed by atoms with Crippen LogP contribution in [0.3, 0.4) is 0 Å². The first-order valence-corrected chi connectivity index (χ1v) is 12.9. The standard InChI is InChI=1S/C27H33ClF3N3O5/c1-26(2,3)38-25(36)33(4)16-14-23(35)34-15-8-7-11-24(34)39-32-18-12-13-19(21(28)17-18)20-9-5-6-10-22(20)37-27(29,30)31/h5-6,9-10,12-13,17,24,32H,7-8,11,14-16H2,1-4H3.